The first-order valence-corrected chi connectivity index (χ1v) is 12.1. The second-order valence-corrected chi connectivity index (χ2v) is 9.42. The van der Waals surface area contributed by atoms with E-state index in [-0.39, 0.29) is 6.61 Å². The van der Waals surface area contributed by atoms with Crippen molar-refractivity contribution in [2.75, 3.05) is 19.0 Å². The summed E-state index contributed by atoms with van der Waals surface area (Å²) in [6.45, 7) is 4.20. The van der Waals surface area contributed by atoms with Gasteiger partial charge in [-0.1, -0.05) is 12.1 Å². The standard InChI is InChI=1S/C25H27N7O6/c1-25(2)37-19-17(11-35-24(33)31-9-8-26-13-31)36-23(20(19)38-25)32-14-30-18-21(28-12-29-22(18)32)27-10-15-4-6-16(34-3)7-5-15/h4-9,12-14,17,19-20,23H,10-11H2,1-3H3,(H,27,28,29)/t17-,19?,20+,23-/m1/s1. The first-order chi connectivity index (χ1) is 18.4. The normalized spacial score (nSPS) is 23.9. The Labute approximate surface area is 217 Å². The predicted molar refractivity (Wildman–Crippen MR) is 132 cm³/mol. The van der Waals surface area contributed by atoms with Gasteiger partial charge in [0.2, 0.25) is 0 Å². The number of ether oxygens (including phenoxy) is 5. The fourth-order valence-corrected chi connectivity index (χ4v) is 4.71. The average molecular weight is 522 g/mol. The van der Waals surface area contributed by atoms with Crippen LogP contribution >= 0.6 is 0 Å². The summed E-state index contributed by atoms with van der Waals surface area (Å²) in [5, 5.41) is 3.33. The van der Waals surface area contributed by atoms with E-state index < -0.39 is 36.4 Å². The maximum absolute atomic E-state index is 12.3. The Morgan fingerprint density at radius 3 is 2.68 bits per heavy atom. The van der Waals surface area contributed by atoms with E-state index in [1.807, 2.05) is 38.1 Å². The summed E-state index contributed by atoms with van der Waals surface area (Å²) in [6, 6.07) is 7.77. The van der Waals surface area contributed by atoms with Crippen LogP contribution < -0.4 is 10.1 Å². The molecule has 6 rings (SSSR count). The molecule has 1 unspecified atom stereocenters. The van der Waals surface area contributed by atoms with Crippen LogP contribution in [0.1, 0.15) is 25.6 Å². The van der Waals surface area contributed by atoms with Crippen LogP contribution in [0.3, 0.4) is 0 Å². The van der Waals surface area contributed by atoms with Crippen molar-refractivity contribution in [3.8, 4) is 5.75 Å². The molecule has 2 saturated heterocycles. The van der Waals surface area contributed by atoms with Crippen LogP contribution in [0.25, 0.3) is 11.2 Å². The van der Waals surface area contributed by atoms with Gasteiger partial charge >= 0.3 is 6.09 Å². The molecule has 38 heavy (non-hydrogen) atoms. The second-order valence-electron chi connectivity index (χ2n) is 9.42. The molecule has 5 heterocycles. The third-order valence-corrected chi connectivity index (χ3v) is 6.46. The van der Waals surface area contributed by atoms with E-state index >= 15 is 0 Å². The summed E-state index contributed by atoms with van der Waals surface area (Å²) in [5.41, 5.74) is 2.23. The van der Waals surface area contributed by atoms with Gasteiger partial charge < -0.3 is 29.0 Å². The number of fused-ring (bicyclic) bond motifs is 2. The van der Waals surface area contributed by atoms with Gasteiger partial charge in [0, 0.05) is 18.9 Å². The summed E-state index contributed by atoms with van der Waals surface area (Å²) in [7, 11) is 1.64. The SMILES string of the molecule is COc1ccc(CNc2ncnc3c2ncn3[C@@H]2O[C@H](COC(=O)n3ccnc3)C3OC(C)(C)O[C@@H]32)cc1. The van der Waals surface area contributed by atoms with Crippen LogP contribution in [0.5, 0.6) is 5.75 Å². The molecule has 2 fully saturated rings. The molecule has 4 aromatic rings. The quantitative estimate of drug-likeness (QED) is 0.384. The number of anilines is 1. The largest absolute Gasteiger partial charge is 0.497 e. The molecule has 0 spiro atoms. The molecule has 4 atom stereocenters. The Bertz CT molecular complexity index is 1420. The average Bonchev–Trinajstić information content (AvgIpc) is 3.70. The van der Waals surface area contributed by atoms with Crippen LogP contribution in [0.2, 0.25) is 0 Å². The smallest absolute Gasteiger partial charge is 0.419 e. The van der Waals surface area contributed by atoms with Crippen molar-refractivity contribution in [2.24, 2.45) is 0 Å². The van der Waals surface area contributed by atoms with Gasteiger partial charge in [-0.25, -0.2) is 29.3 Å². The van der Waals surface area contributed by atoms with Crippen LogP contribution in [0.4, 0.5) is 10.6 Å². The summed E-state index contributed by atoms with van der Waals surface area (Å²) >= 11 is 0. The third-order valence-electron chi connectivity index (χ3n) is 6.46. The lowest BCUT2D eigenvalue weighted by Gasteiger charge is -2.24. The van der Waals surface area contributed by atoms with Crippen molar-refractivity contribution in [3.05, 3.63) is 61.2 Å². The van der Waals surface area contributed by atoms with Gasteiger partial charge in [-0.3, -0.25) is 4.57 Å². The van der Waals surface area contributed by atoms with E-state index in [4.69, 9.17) is 23.7 Å². The number of nitrogens with zero attached hydrogens (tertiary/aromatic N) is 6. The maximum Gasteiger partial charge on any atom is 0.419 e. The van der Waals surface area contributed by atoms with Crippen LogP contribution in [-0.2, 0) is 25.5 Å². The van der Waals surface area contributed by atoms with Crippen LogP contribution in [-0.4, -0.2) is 73.0 Å². The minimum Gasteiger partial charge on any atom is -0.497 e. The van der Waals surface area contributed by atoms with E-state index in [2.05, 4.69) is 25.3 Å². The van der Waals surface area contributed by atoms with E-state index in [0.29, 0.717) is 23.5 Å². The van der Waals surface area contributed by atoms with Crippen molar-refractivity contribution < 1.29 is 28.5 Å². The van der Waals surface area contributed by atoms with E-state index in [1.165, 1.54) is 29.6 Å². The number of aromatic nitrogens is 6. The van der Waals surface area contributed by atoms with Gasteiger partial charge in [0.25, 0.3) is 0 Å². The van der Waals surface area contributed by atoms with Crippen molar-refractivity contribution in [3.63, 3.8) is 0 Å². The summed E-state index contributed by atoms with van der Waals surface area (Å²) in [4.78, 5) is 29.6. The van der Waals surface area contributed by atoms with E-state index in [9.17, 15) is 4.79 Å². The number of benzene rings is 1. The number of carbonyl (C=O) groups excluding carboxylic acids is 1. The summed E-state index contributed by atoms with van der Waals surface area (Å²) in [6.07, 6.45) is 4.86. The number of imidazole rings is 2. The molecule has 2 aliphatic heterocycles. The van der Waals surface area contributed by atoms with E-state index in [1.54, 1.807) is 18.0 Å². The number of hydrogen-bond acceptors (Lipinski definition) is 11. The molecular weight excluding hydrogens is 494 g/mol. The highest BCUT2D eigenvalue weighted by atomic mass is 16.8. The van der Waals surface area contributed by atoms with Crippen molar-refractivity contribution >= 4 is 23.1 Å². The lowest BCUT2D eigenvalue weighted by molar-refractivity contribution is -0.199. The highest BCUT2D eigenvalue weighted by molar-refractivity contribution is 5.82. The number of nitrogens with one attached hydrogen (secondary N) is 1. The second kappa shape index (κ2) is 9.67. The molecule has 0 radical (unpaired) electrons. The Kier molecular flexibility index (Phi) is 6.18. The lowest BCUT2D eigenvalue weighted by Crippen LogP contribution is -2.34. The minimum atomic E-state index is -0.833. The number of rotatable bonds is 7. The monoisotopic (exact) mass is 521 g/mol. The zero-order chi connectivity index (χ0) is 26.3. The molecular formula is C25H27N7O6. The van der Waals surface area contributed by atoms with Gasteiger partial charge in [-0.15, -0.1) is 0 Å². The fourth-order valence-electron chi connectivity index (χ4n) is 4.71. The summed E-state index contributed by atoms with van der Waals surface area (Å²) < 4.78 is 32.4. The molecule has 1 N–H and O–H groups in total. The Morgan fingerprint density at radius 1 is 1.11 bits per heavy atom. The Morgan fingerprint density at radius 2 is 1.92 bits per heavy atom. The molecule has 0 amide bonds. The number of methoxy groups -OCH3 is 1. The Hall–Kier alpha value is -4.07. The van der Waals surface area contributed by atoms with Crippen LogP contribution in [0.15, 0.2) is 55.6 Å². The van der Waals surface area contributed by atoms with Gasteiger partial charge in [-0.2, -0.15) is 0 Å². The predicted octanol–water partition coefficient (Wildman–Crippen LogP) is 2.75. The van der Waals surface area contributed by atoms with Crippen molar-refractivity contribution in [2.45, 2.75) is 50.7 Å². The lowest BCUT2D eigenvalue weighted by atomic mass is 10.1. The molecule has 13 nitrogen and oxygen atoms in total. The highest BCUT2D eigenvalue weighted by Gasteiger charge is 2.56. The number of hydrogen-bond donors (Lipinski definition) is 1. The van der Waals surface area contributed by atoms with Crippen molar-refractivity contribution in [1.82, 2.24) is 29.1 Å². The topological polar surface area (TPSA) is 137 Å². The van der Waals surface area contributed by atoms with E-state index in [0.717, 1.165) is 11.3 Å². The van der Waals surface area contributed by atoms with Gasteiger partial charge in [0.15, 0.2) is 29.0 Å². The van der Waals surface area contributed by atoms with Gasteiger partial charge in [-0.05, 0) is 31.5 Å². The van der Waals surface area contributed by atoms with Gasteiger partial charge in [0.1, 0.15) is 43.3 Å². The minimum absolute atomic E-state index is 0.0234. The third kappa shape index (κ3) is 4.55. The molecule has 1 aromatic carbocycles. The fraction of sp³-hybridized carbons (Fsp3) is 0.400. The van der Waals surface area contributed by atoms with Crippen molar-refractivity contribution in [1.29, 1.82) is 0 Å². The molecule has 0 saturated carbocycles. The first kappa shape index (κ1) is 24.3. The molecule has 0 bridgehead atoms. The first-order valence-electron chi connectivity index (χ1n) is 12.1. The molecule has 198 valence electrons. The highest BCUT2D eigenvalue weighted by Crippen LogP contribution is 2.44. The van der Waals surface area contributed by atoms with Crippen LogP contribution in [0, 0.1) is 0 Å². The molecule has 0 aliphatic carbocycles. The molecule has 3 aromatic heterocycles. The molecule has 2 aliphatic rings. The Balaban J connectivity index is 1.21. The zero-order valence-electron chi connectivity index (χ0n) is 21.1. The maximum atomic E-state index is 12.3. The molecule has 13 heteroatoms. The number of carbonyl (C=O) groups is 1. The van der Waals surface area contributed by atoms with Gasteiger partial charge in [0.05, 0.1) is 13.4 Å². The zero-order valence-corrected chi connectivity index (χ0v) is 21.1. The summed E-state index contributed by atoms with van der Waals surface area (Å²) in [5.74, 6) is 0.553.